The average Bonchev–Trinajstić information content (AvgIpc) is 3.24. The van der Waals surface area contributed by atoms with E-state index in [1.54, 1.807) is 0 Å². The molecule has 0 nitrogen and oxygen atoms in total. The standard InChI is InChI=1S/C16H18.C14H16.C10H14.5C2H6/c1-3-13-5-9-15(10-6-13)16-11-7-14(4-2)8-12-16;1-3-11-5-7-14-10-12(4-2)6-8-13(14)9-11;1-3-9-5-7-10(4-2)8-6-9;5*1-2/h5-12H,3-4H2,1-2H3;5-10H,3-4H2,1-2H3;5-8H,3-4H2,1-2H3;5*1-2H3. The van der Waals surface area contributed by atoms with Crippen LogP contribution in [-0.4, -0.2) is 0 Å². The van der Waals surface area contributed by atoms with E-state index in [2.05, 4.69) is 151 Å². The molecule has 0 amide bonds. The molecule has 0 heteroatoms. The first kappa shape index (κ1) is 50.7. The normalized spacial score (nSPS) is 8.88. The number of rotatable bonds is 7. The minimum Gasteiger partial charge on any atom is -0.0683 e. The van der Waals surface area contributed by atoms with Gasteiger partial charge in [0.15, 0.2) is 0 Å². The highest BCUT2D eigenvalue weighted by Crippen LogP contribution is 2.21. The monoisotopic (exact) mass is 679 g/mol. The number of hydrogen-bond acceptors (Lipinski definition) is 0. The molecule has 0 bridgehead atoms. The van der Waals surface area contributed by atoms with E-state index in [4.69, 9.17) is 0 Å². The van der Waals surface area contributed by atoms with Gasteiger partial charge in [-0.3, -0.25) is 0 Å². The summed E-state index contributed by atoms with van der Waals surface area (Å²) in [4.78, 5) is 0. The third kappa shape index (κ3) is 20.1. The van der Waals surface area contributed by atoms with Crippen LogP contribution < -0.4 is 0 Å². The summed E-state index contributed by atoms with van der Waals surface area (Å²) in [5.41, 5.74) is 11.1. The summed E-state index contributed by atoms with van der Waals surface area (Å²) in [6.45, 7) is 33.1. The average molecular weight is 679 g/mol. The molecule has 0 heterocycles. The fourth-order valence-corrected chi connectivity index (χ4v) is 4.66. The molecular formula is C50H78. The van der Waals surface area contributed by atoms with Gasteiger partial charge in [0, 0.05) is 0 Å². The molecule has 0 saturated heterocycles. The fraction of sp³-hybridized carbons (Fsp3) is 0.440. The van der Waals surface area contributed by atoms with Crippen LogP contribution in [-0.2, 0) is 38.5 Å². The van der Waals surface area contributed by atoms with Crippen LogP contribution in [0.2, 0.25) is 0 Å². The molecule has 0 aliphatic heterocycles. The maximum absolute atomic E-state index is 2.29. The van der Waals surface area contributed by atoms with Crippen molar-refractivity contribution in [2.45, 2.75) is 149 Å². The van der Waals surface area contributed by atoms with Crippen molar-refractivity contribution in [3.05, 3.63) is 143 Å². The Morgan fingerprint density at radius 1 is 0.240 bits per heavy atom. The third-order valence-corrected chi connectivity index (χ3v) is 7.68. The molecule has 5 aromatic rings. The Balaban J connectivity index is -0.000000597. The molecule has 5 rings (SSSR count). The third-order valence-electron chi connectivity index (χ3n) is 7.68. The van der Waals surface area contributed by atoms with E-state index < -0.39 is 0 Å². The molecule has 50 heavy (non-hydrogen) atoms. The second-order valence-corrected chi connectivity index (χ2v) is 10.3. The molecule has 0 aliphatic rings. The number of aryl methyl sites for hydroxylation is 6. The van der Waals surface area contributed by atoms with Gasteiger partial charge in [-0.2, -0.15) is 0 Å². The van der Waals surface area contributed by atoms with Crippen molar-refractivity contribution in [2.24, 2.45) is 0 Å². The van der Waals surface area contributed by atoms with Crippen LogP contribution in [0.3, 0.4) is 0 Å². The van der Waals surface area contributed by atoms with Crippen molar-refractivity contribution in [2.75, 3.05) is 0 Å². The second kappa shape index (κ2) is 35.2. The maximum Gasteiger partial charge on any atom is -0.0181 e. The van der Waals surface area contributed by atoms with Gasteiger partial charge in [-0.1, -0.05) is 220 Å². The lowest BCUT2D eigenvalue weighted by molar-refractivity contribution is 1.10. The highest BCUT2D eigenvalue weighted by Gasteiger charge is 1.98. The van der Waals surface area contributed by atoms with Crippen LogP contribution in [0, 0.1) is 0 Å². The zero-order chi connectivity index (χ0) is 38.7. The van der Waals surface area contributed by atoms with Crippen molar-refractivity contribution in [3.63, 3.8) is 0 Å². The largest absolute Gasteiger partial charge is 0.0683 e. The van der Waals surface area contributed by atoms with Crippen LogP contribution in [0.25, 0.3) is 21.9 Å². The summed E-state index contributed by atoms with van der Waals surface area (Å²) in [5.74, 6) is 0. The molecular weight excluding hydrogens is 601 g/mol. The lowest BCUT2D eigenvalue weighted by Crippen LogP contribution is -1.83. The Morgan fingerprint density at radius 3 is 0.620 bits per heavy atom. The van der Waals surface area contributed by atoms with Gasteiger partial charge in [-0.05, 0) is 93.8 Å². The molecule has 0 unspecified atom stereocenters. The van der Waals surface area contributed by atoms with Crippen molar-refractivity contribution in [1.82, 2.24) is 0 Å². The topological polar surface area (TPSA) is 0 Å². The first-order chi connectivity index (χ1) is 24.5. The van der Waals surface area contributed by atoms with Gasteiger partial charge in [0.2, 0.25) is 0 Å². The molecule has 0 atom stereocenters. The van der Waals surface area contributed by atoms with Crippen LogP contribution in [0.1, 0.15) is 144 Å². The SMILES string of the molecule is CC.CC.CC.CC.CC.CCc1ccc(-c2ccc(CC)cc2)cc1.CCc1ccc(CC)cc1.CCc1ccc2cc(CC)ccc2c1. The van der Waals surface area contributed by atoms with Crippen molar-refractivity contribution in [1.29, 1.82) is 0 Å². The minimum absolute atomic E-state index is 1.11. The highest BCUT2D eigenvalue weighted by atomic mass is 14.0. The van der Waals surface area contributed by atoms with Crippen molar-refractivity contribution in [3.8, 4) is 11.1 Å². The highest BCUT2D eigenvalue weighted by molar-refractivity contribution is 5.83. The predicted molar refractivity (Wildman–Crippen MR) is 235 cm³/mol. The number of hydrogen-bond donors (Lipinski definition) is 0. The summed E-state index contributed by atoms with van der Waals surface area (Å²) in [6.07, 6.45) is 6.73. The minimum atomic E-state index is 1.11. The van der Waals surface area contributed by atoms with E-state index in [1.165, 1.54) is 55.3 Å². The first-order valence-electron chi connectivity index (χ1n) is 20.3. The van der Waals surface area contributed by atoms with Crippen LogP contribution in [0.4, 0.5) is 0 Å². The summed E-state index contributed by atoms with van der Waals surface area (Å²) in [5, 5.41) is 2.73. The van der Waals surface area contributed by atoms with Gasteiger partial charge in [-0.25, -0.2) is 0 Å². The quantitative estimate of drug-likeness (QED) is 0.161. The summed E-state index contributed by atoms with van der Waals surface area (Å²) >= 11 is 0. The van der Waals surface area contributed by atoms with Crippen LogP contribution in [0.5, 0.6) is 0 Å². The number of benzene rings is 5. The molecule has 5 aromatic carbocycles. The molecule has 278 valence electrons. The Labute approximate surface area is 312 Å². The van der Waals surface area contributed by atoms with E-state index in [9.17, 15) is 0 Å². The van der Waals surface area contributed by atoms with Gasteiger partial charge in [0.1, 0.15) is 0 Å². The summed E-state index contributed by atoms with van der Waals surface area (Å²) in [6, 6.07) is 40.0. The Hall–Kier alpha value is -3.64. The van der Waals surface area contributed by atoms with Crippen LogP contribution in [0.15, 0.2) is 109 Å². The first-order valence-corrected chi connectivity index (χ1v) is 20.3. The lowest BCUT2D eigenvalue weighted by atomic mass is 10.0. The molecule has 0 fully saturated rings. The number of fused-ring (bicyclic) bond motifs is 1. The van der Waals surface area contributed by atoms with Gasteiger partial charge in [-0.15, -0.1) is 0 Å². The molecule has 0 saturated carbocycles. The van der Waals surface area contributed by atoms with Gasteiger partial charge >= 0.3 is 0 Å². The zero-order valence-electron chi connectivity index (χ0n) is 35.6. The Morgan fingerprint density at radius 2 is 0.420 bits per heavy atom. The molecule has 0 aliphatic carbocycles. The smallest absolute Gasteiger partial charge is 0.0181 e. The van der Waals surface area contributed by atoms with E-state index in [0.717, 1.165) is 38.5 Å². The van der Waals surface area contributed by atoms with Crippen molar-refractivity contribution < 1.29 is 0 Å². The molecule has 0 spiro atoms. The lowest BCUT2D eigenvalue weighted by Gasteiger charge is -2.04. The summed E-state index contributed by atoms with van der Waals surface area (Å²) < 4.78 is 0. The van der Waals surface area contributed by atoms with Crippen LogP contribution >= 0.6 is 0 Å². The Bertz CT molecular complexity index is 1290. The molecule has 0 aromatic heterocycles. The predicted octanol–water partition coefficient (Wildman–Crippen LogP) is 16.4. The van der Waals surface area contributed by atoms with Gasteiger partial charge < -0.3 is 0 Å². The van der Waals surface area contributed by atoms with Crippen molar-refractivity contribution >= 4 is 10.8 Å². The van der Waals surface area contributed by atoms with E-state index in [1.807, 2.05) is 69.2 Å². The van der Waals surface area contributed by atoms with Gasteiger partial charge in [0.05, 0.1) is 0 Å². The summed E-state index contributed by atoms with van der Waals surface area (Å²) in [7, 11) is 0. The fourth-order valence-electron chi connectivity index (χ4n) is 4.66. The van der Waals surface area contributed by atoms with E-state index in [0.29, 0.717) is 0 Å². The second-order valence-electron chi connectivity index (χ2n) is 10.3. The zero-order valence-corrected chi connectivity index (χ0v) is 35.6. The molecule has 0 radical (unpaired) electrons. The van der Waals surface area contributed by atoms with Gasteiger partial charge in [0.25, 0.3) is 0 Å². The van der Waals surface area contributed by atoms with E-state index in [-0.39, 0.29) is 0 Å². The maximum atomic E-state index is 2.29. The Kier molecular flexibility index (Phi) is 35.7. The molecule has 0 N–H and O–H groups in total. The van der Waals surface area contributed by atoms with E-state index >= 15 is 0 Å².